The van der Waals surface area contributed by atoms with Gasteiger partial charge in [0.05, 0.1) is 5.60 Å². The molecule has 1 saturated heterocycles. The maximum atomic E-state index is 10.6. The Morgan fingerprint density at radius 1 is 1.30 bits per heavy atom. The summed E-state index contributed by atoms with van der Waals surface area (Å²) in [6.07, 6.45) is 6.75. The highest BCUT2D eigenvalue weighted by Crippen LogP contribution is 2.28. The van der Waals surface area contributed by atoms with Crippen LogP contribution in [0.1, 0.15) is 45.4 Å². The summed E-state index contributed by atoms with van der Waals surface area (Å²) in [6, 6.07) is 0.682. The van der Waals surface area contributed by atoms with Crippen LogP contribution in [0, 0.1) is 5.92 Å². The van der Waals surface area contributed by atoms with Gasteiger partial charge in [0, 0.05) is 45.2 Å². The fourth-order valence-corrected chi connectivity index (χ4v) is 3.73. The minimum Gasteiger partial charge on any atom is -0.388 e. The molecule has 2 unspecified atom stereocenters. The van der Waals surface area contributed by atoms with Crippen molar-refractivity contribution in [2.45, 2.75) is 57.1 Å². The molecule has 0 bridgehead atoms. The SMILES string of the molecule is CCCNC1CCCC1CN(C)CC1(O)CCOCC1. The topological polar surface area (TPSA) is 44.7 Å². The minimum absolute atomic E-state index is 0.530. The zero-order chi connectivity index (χ0) is 14.4. The molecule has 2 fully saturated rings. The van der Waals surface area contributed by atoms with E-state index >= 15 is 0 Å². The maximum Gasteiger partial charge on any atom is 0.0817 e. The molecule has 1 saturated carbocycles. The normalized spacial score (nSPS) is 30.0. The highest BCUT2D eigenvalue weighted by molar-refractivity contribution is 4.88. The average molecular weight is 284 g/mol. The molecule has 0 aromatic carbocycles. The molecule has 1 aliphatic carbocycles. The van der Waals surface area contributed by atoms with Crippen LogP contribution in [0.15, 0.2) is 0 Å². The minimum atomic E-state index is -0.530. The lowest BCUT2D eigenvalue weighted by atomic mass is 9.93. The van der Waals surface area contributed by atoms with Crippen molar-refractivity contribution in [2.24, 2.45) is 5.92 Å². The quantitative estimate of drug-likeness (QED) is 0.746. The third kappa shape index (κ3) is 4.69. The van der Waals surface area contributed by atoms with Gasteiger partial charge in [0.15, 0.2) is 0 Å². The fourth-order valence-electron chi connectivity index (χ4n) is 3.73. The molecule has 0 radical (unpaired) electrons. The van der Waals surface area contributed by atoms with E-state index in [9.17, 15) is 5.11 Å². The van der Waals surface area contributed by atoms with Crippen molar-refractivity contribution in [3.63, 3.8) is 0 Å². The van der Waals surface area contributed by atoms with E-state index in [0.29, 0.717) is 19.3 Å². The fraction of sp³-hybridized carbons (Fsp3) is 1.00. The number of likely N-dealkylation sites (N-methyl/N-ethyl adjacent to an activating group) is 1. The Labute approximate surface area is 123 Å². The molecule has 2 rings (SSSR count). The molecular formula is C16H32N2O2. The largest absolute Gasteiger partial charge is 0.388 e. The molecule has 4 nitrogen and oxygen atoms in total. The van der Waals surface area contributed by atoms with Crippen LogP contribution in [-0.4, -0.2) is 61.5 Å². The van der Waals surface area contributed by atoms with Crippen molar-refractivity contribution in [3.05, 3.63) is 0 Å². The molecule has 2 atom stereocenters. The summed E-state index contributed by atoms with van der Waals surface area (Å²) in [5.41, 5.74) is -0.530. The molecule has 20 heavy (non-hydrogen) atoms. The monoisotopic (exact) mass is 284 g/mol. The van der Waals surface area contributed by atoms with Crippen molar-refractivity contribution in [2.75, 3.05) is 39.9 Å². The smallest absolute Gasteiger partial charge is 0.0817 e. The van der Waals surface area contributed by atoms with E-state index in [1.54, 1.807) is 0 Å². The van der Waals surface area contributed by atoms with Crippen LogP contribution in [0.2, 0.25) is 0 Å². The standard InChI is InChI=1S/C16H32N2O2/c1-3-9-17-15-6-4-5-14(15)12-18(2)13-16(19)7-10-20-11-8-16/h14-15,17,19H,3-13H2,1-2H3. The van der Waals surface area contributed by atoms with Crippen molar-refractivity contribution >= 4 is 0 Å². The number of ether oxygens (including phenoxy) is 1. The summed E-state index contributed by atoms with van der Waals surface area (Å²) < 4.78 is 5.35. The Balaban J connectivity index is 1.76. The Kier molecular flexibility index (Phi) is 6.27. The average Bonchev–Trinajstić information content (AvgIpc) is 2.83. The molecule has 2 aliphatic rings. The van der Waals surface area contributed by atoms with Gasteiger partial charge in [-0.05, 0) is 38.8 Å². The van der Waals surface area contributed by atoms with Gasteiger partial charge in [-0.3, -0.25) is 0 Å². The molecule has 0 amide bonds. The molecule has 118 valence electrons. The van der Waals surface area contributed by atoms with Gasteiger partial charge in [0.1, 0.15) is 0 Å². The second-order valence-corrected chi connectivity index (χ2v) is 6.79. The van der Waals surface area contributed by atoms with Gasteiger partial charge in [0.2, 0.25) is 0 Å². The van der Waals surface area contributed by atoms with E-state index in [-0.39, 0.29) is 0 Å². The lowest BCUT2D eigenvalue weighted by Gasteiger charge is -2.36. The van der Waals surface area contributed by atoms with Crippen molar-refractivity contribution in [3.8, 4) is 0 Å². The van der Waals surface area contributed by atoms with Gasteiger partial charge < -0.3 is 20.1 Å². The number of nitrogens with zero attached hydrogens (tertiary/aromatic N) is 1. The van der Waals surface area contributed by atoms with Crippen LogP contribution in [-0.2, 0) is 4.74 Å². The first-order valence-electron chi connectivity index (χ1n) is 8.35. The predicted octanol–water partition coefficient (Wildman–Crippen LogP) is 1.63. The second-order valence-electron chi connectivity index (χ2n) is 6.79. The van der Waals surface area contributed by atoms with Crippen molar-refractivity contribution in [1.82, 2.24) is 10.2 Å². The summed E-state index contributed by atoms with van der Waals surface area (Å²) in [5, 5.41) is 14.3. The molecule has 4 heteroatoms. The van der Waals surface area contributed by atoms with Crippen LogP contribution in [0.4, 0.5) is 0 Å². The molecule has 2 N–H and O–H groups in total. The summed E-state index contributed by atoms with van der Waals surface area (Å²) in [5.74, 6) is 0.745. The van der Waals surface area contributed by atoms with E-state index < -0.39 is 5.60 Å². The molecule has 0 spiro atoms. The lowest BCUT2D eigenvalue weighted by Crippen LogP contribution is -2.48. The zero-order valence-corrected chi connectivity index (χ0v) is 13.2. The second kappa shape index (κ2) is 7.74. The Morgan fingerprint density at radius 2 is 2.05 bits per heavy atom. The Morgan fingerprint density at radius 3 is 2.75 bits per heavy atom. The first-order valence-corrected chi connectivity index (χ1v) is 8.35. The zero-order valence-electron chi connectivity index (χ0n) is 13.2. The molecular weight excluding hydrogens is 252 g/mol. The summed E-state index contributed by atoms with van der Waals surface area (Å²) in [6.45, 7) is 6.65. The van der Waals surface area contributed by atoms with Gasteiger partial charge in [-0.15, -0.1) is 0 Å². The van der Waals surface area contributed by atoms with Gasteiger partial charge in [0.25, 0.3) is 0 Å². The highest BCUT2D eigenvalue weighted by atomic mass is 16.5. The Hall–Kier alpha value is -0.160. The van der Waals surface area contributed by atoms with Gasteiger partial charge >= 0.3 is 0 Å². The van der Waals surface area contributed by atoms with Crippen LogP contribution in [0.3, 0.4) is 0 Å². The van der Waals surface area contributed by atoms with E-state index in [1.807, 2.05) is 0 Å². The molecule has 1 aliphatic heterocycles. The van der Waals surface area contributed by atoms with Gasteiger partial charge in [-0.1, -0.05) is 13.3 Å². The summed E-state index contributed by atoms with van der Waals surface area (Å²) in [4.78, 5) is 2.34. The molecule has 1 heterocycles. The van der Waals surface area contributed by atoms with E-state index in [0.717, 1.165) is 38.4 Å². The lowest BCUT2D eigenvalue weighted by molar-refractivity contribution is -0.0782. The third-order valence-corrected chi connectivity index (χ3v) is 4.85. The summed E-state index contributed by atoms with van der Waals surface area (Å²) in [7, 11) is 2.16. The number of hydrogen-bond acceptors (Lipinski definition) is 4. The van der Waals surface area contributed by atoms with Crippen molar-refractivity contribution in [1.29, 1.82) is 0 Å². The number of hydrogen-bond donors (Lipinski definition) is 2. The summed E-state index contributed by atoms with van der Waals surface area (Å²) >= 11 is 0. The van der Waals surface area contributed by atoms with Crippen LogP contribution < -0.4 is 5.32 Å². The maximum absolute atomic E-state index is 10.6. The van der Waals surface area contributed by atoms with Gasteiger partial charge in [-0.2, -0.15) is 0 Å². The predicted molar refractivity (Wildman–Crippen MR) is 81.9 cm³/mol. The first-order chi connectivity index (χ1) is 9.63. The van der Waals surface area contributed by atoms with E-state index in [4.69, 9.17) is 4.74 Å². The number of aliphatic hydroxyl groups is 1. The molecule has 0 aromatic rings. The van der Waals surface area contributed by atoms with Crippen LogP contribution >= 0.6 is 0 Å². The van der Waals surface area contributed by atoms with Crippen molar-refractivity contribution < 1.29 is 9.84 Å². The highest BCUT2D eigenvalue weighted by Gasteiger charge is 2.33. The van der Waals surface area contributed by atoms with Crippen LogP contribution in [0.25, 0.3) is 0 Å². The number of rotatable bonds is 7. The third-order valence-electron chi connectivity index (χ3n) is 4.85. The number of nitrogens with one attached hydrogen (secondary N) is 1. The Bertz CT molecular complexity index is 280. The van der Waals surface area contributed by atoms with Crippen LogP contribution in [0.5, 0.6) is 0 Å². The van der Waals surface area contributed by atoms with E-state index in [1.165, 1.54) is 25.7 Å². The first kappa shape index (κ1) is 16.2. The van der Waals surface area contributed by atoms with E-state index in [2.05, 4.69) is 24.2 Å². The molecule has 0 aromatic heterocycles. The van der Waals surface area contributed by atoms with Gasteiger partial charge in [-0.25, -0.2) is 0 Å².